The van der Waals surface area contributed by atoms with E-state index in [0.717, 1.165) is 39.3 Å². The van der Waals surface area contributed by atoms with E-state index in [0.29, 0.717) is 5.92 Å². The molecule has 2 unspecified atom stereocenters. The first-order chi connectivity index (χ1) is 6.16. The summed E-state index contributed by atoms with van der Waals surface area (Å²) >= 11 is 0. The topological polar surface area (TPSA) is 32.7 Å². The fraction of sp³-hybridized carbons (Fsp3) is 1.00. The van der Waals surface area contributed by atoms with E-state index in [-0.39, 0.29) is 0 Å². The molecule has 2 aliphatic rings. The molecule has 0 amide bonds. The molecule has 76 valence electrons. The average molecular weight is 185 g/mol. The van der Waals surface area contributed by atoms with E-state index >= 15 is 0 Å². The quantitative estimate of drug-likeness (QED) is 0.679. The molecule has 2 rings (SSSR count). The van der Waals surface area contributed by atoms with Crippen LogP contribution in [0.5, 0.6) is 0 Å². The molecule has 0 aromatic rings. The summed E-state index contributed by atoms with van der Waals surface area (Å²) in [6, 6.07) is 0. The van der Waals surface area contributed by atoms with Crippen LogP contribution in [0, 0.1) is 5.92 Å². The lowest BCUT2D eigenvalue weighted by Crippen LogP contribution is -2.32. The van der Waals surface area contributed by atoms with Crippen molar-refractivity contribution in [1.82, 2.24) is 4.90 Å². The SMILES string of the molecule is CC1(O)CCN(CC2CCOC2)C1. The van der Waals surface area contributed by atoms with Crippen LogP contribution < -0.4 is 0 Å². The molecule has 0 aromatic carbocycles. The van der Waals surface area contributed by atoms with E-state index in [1.165, 1.54) is 6.42 Å². The predicted molar refractivity (Wildman–Crippen MR) is 50.6 cm³/mol. The number of ether oxygens (including phenoxy) is 1. The maximum absolute atomic E-state index is 9.77. The lowest BCUT2D eigenvalue weighted by Gasteiger charge is -2.21. The summed E-state index contributed by atoms with van der Waals surface area (Å²) < 4.78 is 5.33. The second kappa shape index (κ2) is 3.56. The Morgan fingerprint density at radius 1 is 1.62 bits per heavy atom. The standard InChI is InChI=1S/C10H19NO2/c1-10(12)3-4-11(8-10)6-9-2-5-13-7-9/h9,12H,2-8H2,1H3. The number of likely N-dealkylation sites (tertiary alicyclic amines) is 1. The fourth-order valence-corrected chi connectivity index (χ4v) is 2.29. The number of aliphatic hydroxyl groups is 1. The van der Waals surface area contributed by atoms with E-state index in [9.17, 15) is 5.11 Å². The molecule has 0 aliphatic carbocycles. The van der Waals surface area contributed by atoms with E-state index in [2.05, 4.69) is 4.90 Å². The van der Waals surface area contributed by atoms with E-state index in [4.69, 9.17) is 4.74 Å². The van der Waals surface area contributed by atoms with E-state index < -0.39 is 5.60 Å². The van der Waals surface area contributed by atoms with Crippen molar-refractivity contribution in [2.75, 3.05) is 32.8 Å². The lowest BCUT2D eigenvalue weighted by atomic mass is 10.1. The molecule has 3 heteroatoms. The molecule has 0 radical (unpaired) electrons. The molecular formula is C10H19NO2. The Hall–Kier alpha value is -0.120. The van der Waals surface area contributed by atoms with Gasteiger partial charge < -0.3 is 14.7 Å². The fourth-order valence-electron chi connectivity index (χ4n) is 2.29. The van der Waals surface area contributed by atoms with Crippen molar-refractivity contribution in [3.63, 3.8) is 0 Å². The Bertz CT molecular complexity index is 176. The van der Waals surface area contributed by atoms with Crippen LogP contribution in [-0.2, 0) is 4.74 Å². The van der Waals surface area contributed by atoms with E-state index in [1.807, 2.05) is 6.92 Å². The monoisotopic (exact) mass is 185 g/mol. The van der Waals surface area contributed by atoms with Crippen LogP contribution >= 0.6 is 0 Å². The van der Waals surface area contributed by atoms with Gasteiger partial charge in [-0.3, -0.25) is 0 Å². The zero-order valence-electron chi connectivity index (χ0n) is 8.33. The molecule has 2 fully saturated rings. The van der Waals surface area contributed by atoms with Crippen molar-refractivity contribution in [2.24, 2.45) is 5.92 Å². The highest BCUT2D eigenvalue weighted by Crippen LogP contribution is 2.23. The Kier molecular flexibility index (Phi) is 2.58. The summed E-state index contributed by atoms with van der Waals surface area (Å²) in [6.07, 6.45) is 2.11. The van der Waals surface area contributed by atoms with Crippen molar-refractivity contribution < 1.29 is 9.84 Å². The molecule has 3 nitrogen and oxygen atoms in total. The number of hydrogen-bond donors (Lipinski definition) is 1. The summed E-state index contributed by atoms with van der Waals surface area (Å²) in [5, 5.41) is 9.77. The Morgan fingerprint density at radius 3 is 3.00 bits per heavy atom. The first-order valence-corrected chi connectivity index (χ1v) is 5.18. The first-order valence-electron chi connectivity index (χ1n) is 5.18. The van der Waals surface area contributed by atoms with Crippen LogP contribution in [0.3, 0.4) is 0 Å². The van der Waals surface area contributed by atoms with Gasteiger partial charge in [-0.25, -0.2) is 0 Å². The Balaban J connectivity index is 1.77. The molecule has 0 aromatic heterocycles. The number of nitrogens with zero attached hydrogens (tertiary/aromatic N) is 1. The summed E-state index contributed by atoms with van der Waals surface area (Å²) in [6.45, 7) is 6.76. The van der Waals surface area contributed by atoms with Crippen LogP contribution in [-0.4, -0.2) is 48.5 Å². The van der Waals surface area contributed by atoms with Gasteiger partial charge in [-0.2, -0.15) is 0 Å². The van der Waals surface area contributed by atoms with Gasteiger partial charge in [0, 0.05) is 26.2 Å². The molecule has 0 spiro atoms. The average Bonchev–Trinajstić information content (AvgIpc) is 2.61. The minimum atomic E-state index is -0.445. The van der Waals surface area contributed by atoms with Crippen LogP contribution in [0.2, 0.25) is 0 Å². The minimum Gasteiger partial charge on any atom is -0.389 e. The largest absolute Gasteiger partial charge is 0.389 e. The number of β-amino-alcohol motifs (C(OH)–C–C–N with tert-alkyl or cyclic N) is 1. The van der Waals surface area contributed by atoms with Crippen molar-refractivity contribution in [2.45, 2.75) is 25.4 Å². The van der Waals surface area contributed by atoms with Crippen molar-refractivity contribution in [3.05, 3.63) is 0 Å². The molecular weight excluding hydrogens is 166 g/mol. The van der Waals surface area contributed by atoms with Crippen LogP contribution in [0.1, 0.15) is 19.8 Å². The smallest absolute Gasteiger partial charge is 0.0758 e. The van der Waals surface area contributed by atoms with Gasteiger partial charge in [0.15, 0.2) is 0 Å². The molecule has 0 bridgehead atoms. The van der Waals surface area contributed by atoms with Gasteiger partial charge in [0.1, 0.15) is 0 Å². The predicted octanol–water partition coefficient (Wildman–Crippen LogP) is 0.480. The number of hydrogen-bond acceptors (Lipinski definition) is 3. The van der Waals surface area contributed by atoms with Gasteiger partial charge in [0.25, 0.3) is 0 Å². The summed E-state index contributed by atoms with van der Waals surface area (Å²) in [5.41, 5.74) is -0.445. The highest BCUT2D eigenvalue weighted by atomic mass is 16.5. The van der Waals surface area contributed by atoms with Crippen molar-refractivity contribution in [3.8, 4) is 0 Å². The second-order valence-electron chi connectivity index (χ2n) is 4.71. The Morgan fingerprint density at radius 2 is 2.46 bits per heavy atom. The maximum atomic E-state index is 9.77. The summed E-state index contributed by atoms with van der Waals surface area (Å²) in [5.74, 6) is 0.703. The molecule has 2 saturated heterocycles. The molecule has 0 saturated carbocycles. The first kappa shape index (κ1) is 9.44. The van der Waals surface area contributed by atoms with Gasteiger partial charge >= 0.3 is 0 Å². The summed E-state index contributed by atoms with van der Waals surface area (Å²) in [4.78, 5) is 2.36. The molecule has 2 atom stereocenters. The van der Waals surface area contributed by atoms with Crippen molar-refractivity contribution >= 4 is 0 Å². The maximum Gasteiger partial charge on any atom is 0.0758 e. The zero-order chi connectivity index (χ0) is 9.31. The minimum absolute atomic E-state index is 0.445. The van der Waals surface area contributed by atoms with Gasteiger partial charge in [-0.15, -0.1) is 0 Å². The van der Waals surface area contributed by atoms with Gasteiger partial charge in [0.05, 0.1) is 12.2 Å². The van der Waals surface area contributed by atoms with Crippen molar-refractivity contribution in [1.29, 1.82) is 0 Å². The van der Waals surface area contributed by atoms with Crippen LogP contribution in [0.15, 0.2) is 0 Å². The van der Waals surface area contributed by atoms with E-state index in [1.54, 1.807) is 0 Å². The molecule has 1 N–H and O–H groups in total. The van der Waals surface area contributed by atoms with Gasteiger partial charge in [-0.1, -0.05) is 0 Å². The third-order valence-electron chi connectivity index (χ3n) is 3.07. The lowest BCUT2D eigenvalue weighted by molar-refractivity contribution is 0.0661. The normalized spacial score (nSPS) is 41.5. The molecule has 2 aliphatic heterocycles. The third kappa shape index (κ3) is 2.42. The Labute approximate surface area is 79.7 Å². The zero-order valence-corrected chi connectivity index (χ0v) is 8.33. The highest BCUT2D eigenvalue weighted by molar-refractivity contribution is 4.87. The summed E-state index contributed by atoms with van der Waals surface area (Å²) in [7, 11) is 0. The number of rotatable bonds is 2. The van der Waals surface area contributed by atoms with Gasteiger partial charge in [-0.05, 0) is 25.7 Å². The molecule has 2 heterocycles. The van der Waals surface area contributed by atoms with Gasteiger partial charge in [0.2, 0.25) is 0 Å². The third-order valence-corrected chi connectivity index (χ3v) is 3.07. The second-order valence-corrected chi connectivity index (χ2v) is 4.71. The molecule has 13 heavy (non-hydrogen) atoms. The van der Waals surface area contributed by atoms with Crippen LogP contribution in [0.4, 0.5) is 0 Å². The highest BCUT2D eigenvalue weighted by Gasteiger charge is 2.32. The van der Waals surface area contributed by atoms with Crippen LogP contribution in [0.25, 0.3) is 0 Å².